The molecule has 1 saturated heterocycles. The van der Waals surface area contributed by atoms with Gasteiger partial charge in [-0.2, -0.15) is 16.1 Å². The second kappa shape index (κ2) is 6.42. The van der Waals surface area contributed by atoms with Gasteiger partial charge in [-0.05, 0) is 24.3 Å². The molecule has 1 aliphatic heterocycles. The monoisotopic (exact) mass is 355 g/mol. The molecule has 1 aliphatic rings. The maximum atomic E-state index is 12.6. The Morgan fingerprint density at radius 2 is 2.15 bits per heavy atom. The summed E-state index contributed by atoms with van der Waals surface area (Å²) in [5.41, 5.74) is 0.239. The third kappa shape index (κ3) is 2.96. The van der Waals surface area contributed by atoms with Crippen molar-refractivity contribution in [3.63, 3.8) is 0 Å². The number of aliphatic hydroxyl groups is 1. The molecule has 0 aliphatic carbocycles. The highest BCUT2D eigenvalue weighted by Gasteiger charge is 2.32. The average molecular weight is 356 g/mol. The topological polar surface area (TPSA) is 57.6 Å². The maximum absolute atomic E-state index is 12.6. The average Bonchev–Trinajstić information content (AvgIpc) is 2.91. The molecule has 0 aromatic heterocycles. The number of benzene rings is 1. The normalized spacial score (nSPS) is 19.8. The molecule has 1 N–H and O–H groups in total. The van der Waals surface area contributed by atoms with Gasteiger partial charge in [-0.1, -0.05) is 23.2 Å². The molecule has 0 saturated carbocycles. The molecule has 2 rings (SSSR count). The lowest BCUT2D eigenvalue weighted by Crippen LogP contribution is -2.37. The molecule has 1 aromatic rings. The molecule has 0 spiro atoms. The van der Waals surface area contributed by atoms with Crippen molar-refractivity contribution < 1.29 is 13.5 Å². The van der Waals surface area contributed by atoms with Crippen molar-refractivity contribution in [3.05, 3.63) is 27.7 Å². The van der Waals surface area contributed by atoms with E-state index in [1.54, 1.807) is 18.8 Å². The van der Waals surface area contributed by atoms with Gasteiger partial charge in [0.05, 0.1) is 11.6 Å². The van der Waals surface area contributed by atoms with E-state index in [1.807, 2.05) is 0 Å². The smallest absolute Gasteiger partial charge is 0.244 e. The Labute approximate surface area is 133 Å². The van der Waals surface area contributed by atoms with E-state index in [0.717, 1.165) is 17.9 Å². The summed E-state index contributed by atoms with van der Waals surface area (Å²) in [6.07, 6.45) is 0.832. The molecule has 20 heavy (non-hydrogen) atoms. The van der Waals surface area contributed by atoms with Gasteiger partial charge in [0.2, 0.25) is 10.0 Å². The van der Waals surface area contributed by atoms with Gasteiger partial charge >= 0.3 is 0 Å². The Bertz CT molecular complexity index is 601. The van der Waals surface area contributed by atoms with Crippen molar-refractivity contribution in [2.24, 2.45) is 0 Å². The van der Waals surface area contributed by atoms with Crippen LogP contribution in [0.5, 0.6) is 0 Å². The van der Waals surface area contributed by atoms with Gasteiger partial charge in [-0.3, -0.25) is 0 Å². The predicted molar refractivity (Wildman–Crippen MR) is 83.1 cm³/mol. The minimum Gasteiger partial charge on any atom is -0.392 e. The van der Waals surface area contributed by atoms with Crippen molar-refractivity contribution in [2.45, 2.75) is 24.0 Å². The summed E-state index contributed by atoms with van der Waals surface area (Å²) in [7, 11) is -2.12. The number of aliphatic hydroxyl groups excluding tert-OH is 1. The number of nitrogens with zero attached hydrogens (tertiary/aromatic N) is 1. The van der Waals surface area contributed by atoms with Gasteiger partial charge in [0.25, 0.3) is 0 Å². The Hall–Kier alpha value is 0.0200. The lowest BCUT2D eigenvalue weighted by Gasteiger charge is -2.24. The summed E-state index contributed by atoms with van der Waals surface area (Å²) in [6.45, 7) is -0.399. The molecule has 1 unspecified atom stereocenters. The van der Waals surface area contributed by atoms with Gasteiger partial charge in [0, 0.05) is 29.4 Å². The fraction of sp³-hybridized carbons (Fsp3) is 0.500. The number of hydrogen-bond acceptors (Lipinski definition) is 4. The van der Waals surface area contributed by atoms with Gasteiger partial charge in [0.15, 0.2) is 0 Å². The summed E-state index contributed by atoms with van der Waals surface area (Å²) < 4.78 is 26.6. The molecule has 1 heterocycles. The summed E-state index contributed by atoms with van der Waals surface area (Å²) in [5, 5.41) is 9.52. The lowest BCUT2D eigenvalue weighted by molar-refractivity contribution is 0.281. The Morgan fingerprint density at radius 3 is 2.70 bits per heavy atom. The fourth-order valence-electron chi connectivity index (χ4n) is 2.08. The van der Waals surface area contributed by atoms with Gasteiger partial charge < -0.3 is 5.11 Å². The highest BCUT2D eigenvalue weighted by atomic mass is 35.5. The zero-order valence-corrected chi connectivity index (χ0v) is 14.0. The highest BCUT2D eigenvalue weighted by molar-refractivity contribution is 7.99. The SMILES string of the molecule is CN(C1CCSC1)S(=O)(=O)c1ccc(Cl)c(CO)c1Cl. The largest absolute Gasteiger partial charge is 0.392 e. The van der Waals surface area contributed by atoms with Gasteiger partial charge in [-0.25, -0.2) is 8.42 Å². The molecule has 1 fully saturated rings. The van der Waals surface area contributed by atoms with Crippen LogP contribution >= 0.6 is 35.0 Å². The van der Waals surface area contributed by atoms with Crippen LogP contribution in [-0.2, 0) is 16.6 Å². The number of rotatable bonds is 4. The Kier molecular flexibility index (Phi) is 5.26. The highest BCUT2D eigenvalue weighted by Crippen LogP contribution is 2.34. The minimum atomic E-state index is -3.68. The van der Waals surface area contributed by atoms with Crippen molar-refractivity contribution in [2.75, 3.05) is 18.6 Å². The number of hydrogen-bond donors (Lipinski definition) is 1. The quantitative estimate of drug-likeness (QED) is 0.901. The van der Waals surface area contributed by atoms with Crippen LogP contribution in [0, 0.1) is 0 Å². The predicted octanol–water partition coefficient (Wildman–Crippen LogP) is 2.61. The minimum absolute atomic E-state index is 0.00231. The van der Waals surface area contributed by atoms with Crippen molar-refractivity contribution >= 4 is 45.0 Å². The summed E-state index contributed by atoms with van der Waals surface area (Å²) in [5.74, 6) is 1.74. The standard InChI is InChI=1S/C12H15Cl2NO3S2/c1-15(8-4-5-19-7-8)20(17,18)11-3-2-10(13)9(6-16)12(11)14/h2-3,8,16H,4-7H2,1H3. The van der Waals surface area contributed by atoms with Crippen LogP contribution in [0.15, 0.2) is 17.0 Å². The number of sulfonamides is 1. The van der Waals surface area contributed by atoms with Crippen LogP contribution in [-0.4, -0.2) is 42.4 Å². The van der Waals surface area contributed by atoms with E-state index in [4.69, 9.17) is 23.2 Å². The molecule has 0 bridgehead atoms. The van der Waals surface area contributed by atoms with Crippen LogP contribution in [0.2, 0.25) is 10.0 Å². The molecule has 8 heteroatoms. The van der Waals surface area contributed by atoms with E-state index in [2.05, 4.69) is 0 Å². The summed E-state index contributed by atoms with van der Waals surface area (Å²) >= 11 is 13.7. The number of halogens is 2. The van der Waals surface area contributed by atoms with E-state index >= 15 is 0 Å². The van der Waals surface area contributed by atoms with E-state index in [-0.39, 0.29) is 26.5 Å². The van der Waals surface area contributed by atoms with Crippen LogP contribution < -0.4 is 0 Å². The molecular weight excluding hydrogens is 341 g/mol. The Morgan fingerprint density at radius 1 is 1.45 bits per heavy atom. The van der Waals surface area contributed by atoms with Crippen molar-refractivity contribution in [1.82, 2.24) is 4.31 Å². The van der Waals surface area contributed by atoms with E-state index in [9.17, 15) is 13.5 Å². The van der Waals surface area contributed by atoms with Crippen LogP contribution in [0.1, 0.15) is 12.0 Å². The molecule has 1 aromatic carbocycles. The second-order valence-electron chi connectivity index (χ2n) is 4.53. The van der Waals surface area contributed by atoms with E-state index < -0.39 is 16.6 Å². The first-order valence-corrected chi connectivity index (χ1v) is 9.38. The van der Waals surface area contributed by atoms with Crippen LogP contribution in [0.25, 0.3) is 0 Å². The first kappa shape index (κ1) is 16.4. The zero-order valence-electron chi connectivity index (χ0n) is 10.8. The lowest BCUT2D eigenvalue weighted by atomic mass is 10.2. The summed E-state index contributed by atoms with van der Waals surface area (Å²) in [6, 6.07) is 2.82. The first-order chi connectivity index (χ1) is 9.39. The summed E-state index contributed by atoms with van der Waals surface area (Å²) in [4.78, 5) is -0.00739. The van der Waals surface area contributed by atoms with Crippen molar-refractivity contribution in [3.8, 4) is 0 Å². The Balaban J connectivity index is 2.44. The molecule has 112 valence electrons. The molecule has 4 nitrogen and oxygen atoms in total. The zero-order chi connectivity index (χ0) is 14.9. The van der Waals surface area contributed by atoms with Crippen LogP contribution in [0.3, 0.4) is 0 Å². The van der Waals surface area contributed by atoms with E-state index in [1.165, 1.54) is 16.4 Å². The second-order valence-corrected chi connectivity index (χ2v) is 8.44. The van der Waals surface area contributed by atoms with Crippen molar-refractivity contribution in [1.29, 1.82) is 0 Å². The van der Waals surface area contributed by atoms with E-state index in [0.29, 0.717) is 0 Å². The van der Waals surface area contributed by atoms with Gasteiger partial charge in [-0.15, -0.1) is 0 Å². The first-order valence-electron chi connectivity index (χ1n) is 6.03. The molecule has 0 amide bonds. The molecule has 0 radical (unpaired) electrons. The maximum Gasteiger partial charge on any atom is 0.244 e. The number of thioether (sulfide) groups is 1. The third-order valence-electron chi connectivity index (χ3n) is 3.39. The molecule has 1 atom stereocenters. The molecular formula is C12H15Cl2NO3S2. The van der Waals surface area contributed by atoms with Crippen LogP contribution in [0.4, 0.5) is 0 Å². The third-order valence-corrected chi connectivity index (χ3v) is 7.38. The van der Waals surface area contributed by atoms with Gasteiger partial charge in [0.1, 0.15) is 4.90 Å². The fourth-order valence-corrected chi connectivity index (χ4v) is 5.70.